The number of hydrogen-bond acceptors (Lipinski definition) is 6. The molecule has 2 heterocycles. The quantitative estimate of drug-likeness (QED) is 0.608. The summed E-state index contributed by atoms with van der Waals surface area (Å²) in [5.74, 6) is 2.07. The summed E-state index contributed by atoms with van der Waals surface area (Å²) in [6.45, 7) is 4.00. The highest BCUT2D eigenvalue weighted by Crippen LogP contribution is 2.35. The van der Waals surface area contributed by atoms with Crippen LogP contribution in [0.5, 0.6) is 17.2 Å². The van der Waals surface area contributed by atoms with Gasteiger partial charge in [-0.2, -0.15) is 0 Å². The van der Waals surface area contributed by atoms with E-state index in [0.29, 0.717) is 32.0 Å². The Labute approximate surface area is 173 Å². The third-order valence-electron chi connectivity index (χ3n) is 4.74. The number of aromatic nitrogens is 1. The highest BCUT2D eigenvalue weighted by Gasteiger charge is 2.22. The molecule has 6 nitrogen and oxygen atoms in total. The predicted molar refractivity (Wildman–Crippen MR) is 112 cm³/mol. The van der Waals surface area contributed by atoms with Gasteiger partial charge in [-0.05, 0) is 25.1 Å². The fourth-order valence-corrected chi connectivity index (χ4v) is 4.09. The van der Waals surface area contributed by atoms with Crippen molar-refractivity contribution in [2.24, 2.45) is 0 Å². The molecule has 3 aromatic rings. The van der Waals surface area contributed by atoms with E-state index in [1.807, 2.05) is 49.4 Å². The number of nitrogens with zero attached hydrogens (tertiary/aromatic N) is 2. The maximum Gasteiger partial charge on any atom is 0.273 e. The molecule has 0 radical (unpaired) electrons. The molecule has 0 fully saturated rings. The Morgan fingerprint density at radius 2 is 2.00 bits per heavy atom. The smallest absolute Gasteiger partial charge is 0.273 e. The van der Waals surface area contributed by atoms with Crippen LogP contribution >= 0.6 is 11.3 Å². The Bertz CT molecular complexity index is 1020. The van der Waals surface area contributed by atoms with E-state index < -0.39 is 0 Å². The first-order valence-corrected chi connectivity index (χ1v) is 10.3. The minimum Gasteiger partial charge on any atom is -0.496 e. The molecular weight excluding hydrogens is 388 g/mol. The minimum absolute atomic E-state index is 0.112. The van der Waals surface area contributed by atoms with Crippen LogP contribution in [0.3, 0.4) is 0 Å². The zero-order valence-electron chi connectivity index (χ0n) is 16.4. The normalized spacial score (nSPS) is 12.5. The summed E-state index contributed by atoms with van der Waals surface area (Å²) in [4.78, 5) is 19.5. The molecule has 150 valence electrons. The Balaban J connectivity index is 1.57. The largest absolute Gasteiger partial charge is 0.496 e. The lowest BCUT2D eigenvalue weighted by molar-refractivity contribution is 0.0744. The summed E-state index contributed by atoms with van der Waals surface area (Å²) >= 11 is 1.43. The highest BCUT2D eigenvalue weighted by atomic mass is 32.1. The number of para-hydroxylation sites is 2. The lowest BCUT2D eigenvalue weighted by Crippen LogP contribution is -2.31. The summed E-state index contributed by atoms with van der Waals surface area (Å²) in [6, 6.07) is 13.4. The van der Waals surface area contributed by atoms with Gasteiger partial charge in [-0.25, -0.2) is 4.98 Å². The van der Waals surface area contributed by atoms with Crippen molar-refractivity contribution < 1.29 is 19.0 Å². The predicted octanol–water partition coefficient (Wildman–Crippen LogP) is 4.25. The van der Waals surface area contributed by atoms with E-state index in [1.165, 1.54) is 11.3 Å². The van der Waals surface area contributed by atoms with Gasteiger partial charge in [0.25, 0.3) is 5.91 Å². The van der Waals surface area contributed by atoms with Crippen molar-refractivity contribution in [3.05, 3.63) is 59.1 Å². The van der Waals surface area contributed by atoms with Crippen LogP contribution in [0.1, 0.15) is 23.0 Å². The van der Waals surface area contributed by atoms with Crippen LogP contribution in [-0.4, -0.2) is 42.7 Å². The number of carbonyl (C=O) groups is 1. The molecular formula is C22H22N2O4S. The van der Waals surface area contributed by atoms with Crippen molar-refractivity contribution in [2.75, 3.05) is 26.9 Å². The maximum absolute atomic E-state index is 13.1. The van der Waals surface area contributed by atoms with Crippen molar-refractivity contribution in [3.8, 4) is 27.8 Å². The number of benzene rings is 2. The summed E-state index contributed by atoms with van der Waals surface area (Å²) in [7, 11) is 1.63. The fourth-order valence-electron chi connectivity index (χ4n) is 3.27. The number of fused-ring (bicyclic) bond motifs is 1. The van der Waals surface area contributed by atoms with E-state index in [9.17, 15) is 4.79 Å². The first-order chi connectivity index (χ1) is 14.2. The van der Waals surface area contributed by atoms with Gasteiger partial charge in [0.05, 0.1) is 12.7 Å². The zero-order chi connectivity index (χ0) is 20.2. The molecule has 0 saturated heterocycles. The molecule has 1 aliphatic heterocycles. The van der Waals surface area contributed by atoms with Gasteiger partial charge in [0.15, 0.2) is 11.5 Å². The van der Waals surface area contributed by atoms with E-state index in [1.54, 1.807) is 17.4 Å². The van der Waals surface area contributed by atoms with Gasteiger partial charge in [-0.1, -0.05) is 24.3 Å². The second-order valence-corrected chi connectivity index (χ2v) is 7.36. The van der Waals surface area contributed by atoms with Crippen LogP contribution < -0.4 is 14.2 Å². The lowest BCUT2D eigenvalue weighted by Gasteiger charge is -2.25. The second-order valence-electron chi connectivity index (χ2n) is 6.50. The number of methoxy groups -OCH3 is 1. The van der Waals surface area contributed by atoms with E-state index in [-0.39, 0.29) is 5.91 Å². The SMILES string of the molecule is CCN(Cc1cccc2c1OCCO2)C(=O)c1csc(-c2ccccc2OC)n1. The van der Waals surface area contributed by atoms with Crippen molar-refractivity contribution in [3.63, 3.8) is 0 Å². The lowest BCUT2D eigenvalue weighted by atomic mass is 10.1. The van der Waals surface area contributed by atoms with Crippen LogP contribution in [0.2, 0.25) is 0 Å². The summed E-state index contributed by atoms with van der Waals surface area (Å²) in [5.41, 5.74) is 2.24. The molecule has 0 spiro atoms. The van der Waals surface area contributed by atoms with E-state index >= 15 is 0 Å². The minimum atomic E-state index is -0.112. The molecule has 1 amide bonds. The summed E-state index contributed by atoms with van der Waals surface area (Å²) < 4.78 is 16.8. The average molecular weight is 410 g/mol. The molecule has 29 heavy (non-hydrogen) atoms. The van der Waals surface area contributed by atoms with Gasteiger partial charge in [-0.3, -0.25) is 4.79 Å². The summed E-state index contributed by atoms with van der Waals surface area (Å²) in [5, 5.41) is 2.56. The molecule has 0 unspecified atom stereocenters. The highest BCUT2D eigenvalue weighted by molar-refractivity contribution is 7.13. The van der Waals surface area contributed by atoms with Gasteiger partial charge in [0.2, 0.25) is 0 Å². The molecule has 0 aliphatic carbocycles. The molecule has 4 rings (SSSR count). The van der Waals surface area contributed by atoms with Crippen LogP contribution in [0.15, 0.2) is 47.8 Å². The van der Waals surface area contributed by atoms with Gasteiger partial charge in [-0.15, -0.1) is 11.3 Å². The molecule has 0 N–H and O–H groups in total. The zero-order valence-corrected chi connectivity index (χ0v) is 17.2. The van der Waals surface area contributed by atoms with Crippen LogP contribution in [0.25, 0.3) is 10.6 Å². The van der Waals surface area contributed by atoms with Crippen LogP contribution in [0.4, 0.5) is 0 Å². The number of ether oxygens (including phenoxy) is 3. The van der Waals surface area contributed by atoms with E-state index in [4.69, 9.17) is 14.2 Å². The first-order valence-electron chi connectivity index (χ1n) is 9.47. The number of amides is 1. The Morgan fingerprint density at radius 1 is 1.17 bits per heavy atom. The molecule has 1 aromatic heterocycles. The topological polar surface area (TPSA) is 60.9 Å². The summed E-state index contributed by atoms with van der Waals surface area (Å²) in [6.07, 6.45) is 0. The van der Waals surface area contributed by atoms with E-state index in [0.717, 1.165) is 33.4 Å². The van der Waals surface area contributed by atoms with Crippen LogP contribution in [-0.2, 0) is 6.54 Å². The number of carbonyl (C=O) groups excluding carboxylic acids is 1. The van der Waals surface area contributed by atoms with Gasteiger partial charge in [0, 0.05) is 24.0 Å². The fraction of sp³-hybridized carbons (Fsp3) is 0.273. The molecule has 2 aromatic carbocycles. The average Bonchev–Trinajstić information content (AvgIpc) is 3.27. The Hall–Kier alpha value is -3.06. The van der Waals surface area contributed by atoms with Gasteiger partial charge >= 0.3 is 0 Å². The monoisotopic (exact) mass is 410 g/mol. The van der Waals surface area contributed by atoms with E-state index in [2.05, 4.69) is 4.98 Å². The van der Waals surface area contributed by atoms with Crippen molar-refractivity contribution in [2.45, 2.75) is 13.5 Å². The molecule has 1 aliphatic rings. The standard InChI is InChI=1S/C22H22N2O4S/c1-3-24(13-15-7-6-10-19-20(15)28-12-11-27-19)22(25)17-14-29-21(23-17)16-8-4-5-9-18(16)26-2/h4-10,14H,3,11-13H2,1-2H3. The molecule has 0 saturated carbocycles. The van der Waals surface area contributed by atoms with Crippen molar-refractivity contribution in [1.29, 1.82) is 0 Å². The number of hydrogen-bond donors (Lipinski definition) is 0. The third-order valence-corrected chi connectivity index (χ3v) is 5.61. The number of thiazole rings is 1. The second kappa shape index (κ2) is 8.53. The maximum atomic E-state index is 13.1. The molecule has 0 atom stereocenters. The van der Waals surface area contributed by atoms with Gasteiger partial charge in [0.1, 0.15) is 29.7 Å². The van der Waals surface area contributed by atoms with Crippen LogP contribution in [0, 0.1) is 0 Å². The Kier molecular flexibility index (Phi) is 5.67. The van der Waals surface area contributed by atoms with Gasteiger partial charge < -0.3 is 19.1 Å². The molecule has 7 heteroatoms. The first kappa shape index (κ1) is 19.3. The van der Waals surface area contributed by atoms with Crippen molar-refractivity contribution >= 4 is 17.2 Å². The molecule has 0 bridgehead atoms. The Morgan fingerprint density at radius 3 is 2.83 bits per heavy atom. The van der Waals surface area contributed by atoms with Crippen molar-refractivity contribution in [1.82, 2.24) is 9.88 Å². The third kappa shape index (κ3) is 3.91. The number of rotatable bonds is 6.